The Labute approximate surface area is 90.8 Å². The van der Waals surface area contributed by atoms with Gasteiger partial charge >= 0.3 is 0 Å². The van der Waals surface area contributed by atoms with E-state index in [0.717, 1.165) is 19.0 Å². The lowest BCUT2D eigenvalue weighted by Crippen LogP contribution is -2.15. The van der Waals surface area contributed by atoms with Gasteiger partial charge in [0.05, 0.1) is 11.2 Å². The normalized spacial score (nSPS) is 11.1. The average molecular weight is 212 g/mol. The molecule has 1 rings (SSSR count). The van der Waals surface area contributed by atoms with Crippen LogP contribution in [0.15, 0.2) is 5.51 Å². The van der Waals surface area contributed by atoms with E-state index < -0.39 is 0 Å². The molecule has 1 aromatic rings. The summed E-state index contributed by atoms with van der Waals surface area (Å²) >= 11 is 1.74. The van der Waals surface area contributed by atoms with Crippen molar-refractivity contribution in [2.45, 2.75) is 40.2 Å². The highest BCUT2D eigenvalue weighted by molar-refractivity contribution is 7.09. The summed E-state index contributed by atoms with van der Waals surface area (Å²) in [6.07, 6.45) is 2.59. The van der Waals surface area contributed by atoms with Gasteiger partial charge in [-0.05, 0) is 32.2 Å². The molecule has 1 N–H and O–H groups in total. The molecule has 0 saturated carbocycles. The number of nitrogens with one attached hydrogen (secondary N) is 1. The van der Waals surface area contributed by atoms with Crippen molar-refractivity contribution < 1.29 is 0 Å². The third kappa shape index (κ3) is 4.20. The second-order valence-corrected chi connectivity index (χ2v) is 5.01. The summed E-state index contributed by atoms with van der Waals surface area (Å²) < 4.78 is 0. The largest absolute Gasteiger partial charge is 0.312 e. The zero-order valence-electron chi connectivity index (χ0n) is 9.34. The van der Waals surface area contributed by atoms with Gasteiger partial charge in [0.15, 0.2) is 0 Å². The fraction of sp³-hybridized carbons (Fsp3) is 0.727. The highest BCUT2D eigenvalue weighted by atomic mass is 32.1. The molecule has 0 unspecified atom stereocenters. The number of hydrogen-bond acceptors (Lipinski definition) is 3. The molecule has 0 aliphatic rings. The number of rotatable bonds is 6. The third-order valence-corrected chi connectivity index (χ3v) is 3.20. The molecule has 0 amide bonds. The monoisotopic (exact) mass is 212 g/mol. The minimum Gasteiger partial charge on any atom is -0.312 e. The minimum atomic E-state index is 0.821. The summed E-state index contributed by atoms with van der Waals surface area (Å²) in [5.41, 5.74) is 3.09. The lowest BCUT2D eigenvalue weighted by molar-refractivity contribution is 0.528. The fourth-order valence-electron chi connectivity index (χ4n) is 1.33. The first-order valence-corrected chi connectivity index (χ1v) is 6.17. The van der Waals surface area contributed by atoms with E-state index >= 15 is 0 Å². The topological polar surface area (TPSA) is 24.9 Å². The maximum absolute atomic E-state index is 4.22. The fourth-order valence-corrected chi connectivity index (χ4v) is 2.08. The van der Waals surface area contributed by atoms with E-state index in [1.807, 2.05) is 5.51 Å². The van der Waals surface area contributed by atoms with Gasteiger partial charge < -0.3 is 5.32 Å². The van der Waals surface area contributed by atoms with Gasteiger partial charge in [-0.2, -0.15) is 0 Å². The van der Waals surface area contributed by atoms with Gasteiger partial charge in [-0.25, -0.2) is 4.98 Å². The van der Waals surface area contributed by atoms with Gasteiger partial charge in [-0.15, -0.1) is 11.3 Å². The van der Waals surface area contributed by atoms with Crippen LogP contribution in [0.4, 0.5) is 0 Å². The maximum Gasteiger partial charge on any atom is 0.0798 e. The molecule has 0 spiro atoms. The standard InChI is InChI=1S/C11H20N2S/c1-9(2)5-4-6-12-7-11-10(3)13-8-14-11/h8-9,12H,4-7H2,1-3H3. The van der Waals surface area contributed by atoms with Crippen molar-refractivity contribution in [1.29, 1.82) is 0 Å². The SMILES string of the molecule is Cc1ncsc1CNCCCC(C)C. The Morgan fingerprint density at radius 2 is 2.29 bits per heavy atom. The van der Waals surface area contributed by atoms with Gasteiger partial charge in [0.25, 0.3) is 0 Å². The Balaban J connectivity index is 2.08. The van der Waals surface area contributed by atoms with Gasteiger partial charge in [-0.1, -0.05) is 13.8 Å². The Morgan fingerprint density at radius 1 is 1.50 bits per heavy atom. The molecular weight excluding hydrogens is 192 g/mol. The lowest BCUT2D eigenvalue weighted by Gasteiger charge is -2.05. The average Bonchev–Trinajstić information content (AvgIpc) is 2.51. The first kappa shape index (κ1) is 11.7. The maximum atomic E-state index is 4.22. The van der Waals surface area contributed by atoms with Crippen molar-refractivity contribution in [1.82, 2.24) is 10.3 Å². The van der Waals surface area contributed by atoms with Crippen molar-refractivity contribution in [2.75, 3.05) is 6.54 Å². The van der Waals surface area contributed by atoms with E-state index in [9.17, 15) is 0 Å². The molecule has 0 aromatic carbocycles. The van der Waals surface area contributed by atoms with E-state index in [2.05, 4.69) is 31.1 Å². The lowest BCUT2D eigenvalue weighted by atomic mass is 10.1. The summed E-state index contributed by atoms with van der Waals surface area (Å²) in [5, 5.41) is 3.45. The molecule has 3 heteroatoms. The Morgan fingerprint density at radius 3 is 2.86 bits per heavy atom. The number of hydrogen-bond donors (Lipinski definition) is 1. The molecule has 14 heavy (non-hydrogen) atoms. The zero-order chi connectivity index (χ0) is 10.4. The van der Waals surface area contributed by atoms with Gasteiger partial charge in [0.2, 0.25) is 0 Å². The summed E-state index contributed by atoms with van der Waals surface area (Å²) in [6, 6.07) is 0. The molecule has 0 bridgehead atoms. The van der Waals surface area contributed by atoms with E-state index in [0.29, 0.717) is 0 Å². The quantitative estimate of drug-likeness (QED) is 0.733. The number of aromatic nitrogens is 1. The Kier molecular flexibility index (Phi) is 5.12. The van der Waals surface area contributed by atoms with Gasteiger partial charge in [-0.3, -0.25) is 0 Å². The summed E-state index contributed by atoms with van der Waals surface area (Å²) in [7, 11) is 0. The first-order chi connectivity index (χ1) is 6.70. The van der Waals surface area contributed by atoms with Crippen LogP contribution in [-0.4, -0.2) is 11.5 Å². The third-order valence-electron chi connectivity index (χ3n) is 2.27. The summed E-state index contributed by atoms with van der Waals surface area (Å²) in [5.74, 6) is 0.821. The van der Waals surface area contributed by atoms with Crippen LogP contribution >= 0.6 is 11.3 Å². The molecule has 0 fully saturated rings. The summed E-state index contributed by atoms with van der Waals surface area (Å²) in [4.78, 5) is 5.59. The molecule has 0 atom stereocenters. The van der Waals surface area contributed by atoms with Crippen molar-refractivity contribution in [2.24, 2.45) is 5.92 Å². The van der Waals surface area contributed by atoms with Crippen molar-refractivity contribution >= 4 is 11.3 Å². The van der Waals surface area contributed by atoms with Crippen LogP contribution < -0.4 is 5.32 Å². The first-order valence-electron chi connectivity index (χ1n) is 5.30. The molecular formula is C11H20N2S. The van der Waals surface area contributed by atoms with Crippen molar-refractivity contribution in [3.63, 3.8) is 0 Å². The van der Waals surface area contributed by atoms with Gasteiger partial charge in [0.1, 0.15) is 0 Å². The van der Waals surface area contributed by atoms with E-state index in [4.69, 9.17) is 0 Å². The van der Waals surface area contributed by atoms with Crippen molar-refractivity contribution in [3.8, 4) is 0 Å². The number of thiazole rings is 1. The zero-order valence-corrected chi connectivity index (χ0v) is 10.2. The van der Waals surface area contributed by atoms with E-state index in [1.54, 1.807) is 11.3 Å². The van der Waals surface area contributed by atoms with Crippen LogP contribution in [0.5, 0.6) is 0 Å². The molecule has 2 nitrogen and oxygen atoms in total. The van der Waals surface area contributed by atoms with Gasteiger partial charge in [0, 0.05) is 11.4 Å². The number of nitrogens with zero attached hydrogens (tertiary/aromatic N) is 1. The minimum absolute atomic E-state index is 0.821. The van der Waals surface area contributed by atoms with Crippen LogP contribution in [-0.2, 0) is 6.54 Å². The summed E-state index contributed by atoms with van der Waals surface area (Å²) in [6.45, 7) is 8.71. The molecule has 80 valence electrons. The second-order valence-electron chi connectivity index (χ2n) is 4.07. The predicted molar refractivity (Wildman–Crippen MR) is 62.6 cm³/mol. The smallest absolute Gasteiger partial charge is 0.0798 e. The molecule has 1 aromatic heterocycles. The highest BCUT2D eigenvalue weighted by Gasteiger charge is 2.00. The highest BCUT2D eigenvalue weighted by Crippen LogP contribution is 2.11. The Hall–Kier alpha value is -0.410. The molecule has 0 aliphatic heterocycles. The molecule has 0 saturated heterocycles. The van der Waals surface area contributed by atoms with Crippen LogP contribution in [0, 0.1) is 12.8 Å². The van der Waals surface area contributed by atoms with E-state index in [1.165, 1.54) is 23.4 Å². The van der Waals surface area contributed by atoms with Crippen molar-refractivity contribution in [3.05, 3.63) is 16.1 Å². The number of aryl methyl sites for hydroxylation is 1. The second kappa shape index (κ2) is 6.14. The van der Waals surface area contributed by atoms with Crippen LogP contribution in [0.3, 0.4) is 0 Å². The van der Waals surface area contributed by atoms with Crippen LogP contribution in [0.25, 0.3) is 0 Å². The molecule has 1 heterocycles. The molecule has 0 radical (unpaired) electrons. The van der Waals surface area contributed by atoms with E-state index in [-0.39, 0.29) is 0 Å². The van der Waals surface area contributed by atoms with Crippen LogP contribution in [0.1, 0.15) is 37.3 Å². The Bertz CT molecular complexity index is 256. The predicted octanol–water partition coefficient (Wildman–Crippen LogP) is 2.98. The van der Waals surface area contributed by atoms with Crippen LogP contribution in [0.2, 0.25) is 0 Å². The molecule has 0 aliphatic carbocycles.